The van der Waals surface area contributed by atoms with Crippen LogP contribution in [0.2, 0.25) is 0 Å². The van der Waals surface area contributed by atoms with Gasteiger partial charge in [0.15, 0.2) is 0 Å². The van der Waals surface area contributed by atoms with E-state index in [1.807, 2.05) is 31.2 Å². The summed E-state index contributed by atoms with van der Waals surface area (Å²) in [5.74, 6) is -0.436. The van der Waals surface area contributed by atoms with Gasteiger partial charge in [-0.2, -0.15) is 0 Å². The number of anilines is 1. The van der Waals surface area contributed by atoms with E-state index in [0.29, 0.717) is 5.75 Å². The average molecular weight is 564 g/mol. The third kappa shape index (κ3) is 6.83. The number of ether oxygens (including phenoxy) is 1. The zero-order chi connectivity index (χ0) is 28.7. The number of carbonyl (C=O) groups excluding carboxylic acids is 2. The highest BCUT2D eigenvalue weighted by atomic mass is 32.2. The SMILES string of the molecule is COc1ccccc1N(CC(=O)N(Cc1ccc(C)cc1)[C@@H](C)C(=O)NC1CCCC1)S(=O)(=O)c1ccccc1. The van der Waals surface area contributed by atoms with E-state index in [-0.39, 0.29) is 29.1 Å². The van der Waals surface area contributed by atoms with Gasteiger partial charge < -0.3 is 15.0 Å². The van der Waals surface area contributed by atoms with E-state index < -0.39 is 28.5 Å². The van der Waals surface area contributed by atoms with Gasteiger partial charge in [-0.05, 0) is 56.5 Å². The molecule has 0 heterocycles. The molecule has 1 aliphatic carbocycles. The molecule has 3 aromatic rings. The summed E-state index contributed by atoms with van der Waals surface area (Å²) in [6.45, 7) is 3.31. The van der Waals surface area contributed by atoms with Crippen molar-refractivity contribution in [1.82, 2.24) is 10.2 Å². The zero-order valence-electron chi connectivity index (χ0n) is 23.2. The molecule has 0 radical (unpaired) electrons. The number of amides is 2. The molecule has 8 nitrogen and oxygen atoms in total. The fraction of sp³-hybridized carbons (Fsp3) is 0.355. The number of rotatable bonds is 11. The van der Waals surface area contributed by atoms with Crippen LogP contribution in [0, 0.1) is 6.92 Å². The Morgan fingerprint density at radius 3 is 2.23 bits per heavy atom. The van der Waals surface area contributed by atoms with Crippen LogP contribution in [-0.4, -0.2) is 50.9 Å². The molecular formula is C31H37N3O5S. The molecule has 9 heteroatoms. The third-order valence-corrected chi connectivity index (χ3v) is 9.08. The number of nitrogens with one attached hydrogen (secondary N) is 1. The number of para-hydroxylation sites is 2. The molecule has 0 aliphatic heterocycles. The second-order valence-corrected chi connectivity index (χ2v) is 12.0. The van der Waals surface area contributed by atoms with Crippen LogP contribution >= 0.6 is 0 Å². The first-order valence-electron chi connectivity index (χ1n) is 13.6. The summed E-state index contributed by atoms with van der Waals surface area (Å²) in [7, 11) is -2.70. The molecule has 40 heavy (non-hydrogen) atoms. The summed E-state index contributed by atoms with van der Waals surface area (Å²) < 4.78 is 34.4. The first-order valence-corrected chi connectivity index (χ1v) is 15.0. The molecule has 1 fully saturated rings. The number of hydrogen-bond donors (Lipinski definition) is 1. The van der Waals surface area contributed by atoms with Crippen molar-refractivity contribution in [3.63, 3.8) is 0 Å². The van der Waals surface area contributed by atoms with Gasteiger partial charge in [-0.15, -0.1) is 0 Å². The van der Waals surface area contributed by atoms with E-state index in [0.717, 1.165) is 41.1 Å². The molecule has 0 aromatic heterocycles. The topological polar surface area (TPSA) is 96.0 Å². The molecule has 1 atom stereocenters. The van der Waals surface area contributed by atoms with Crippen LogP contribution in [0.5, 0.6) is 5.75 Å². The molecule has 212 valence electrons. The molecule has 1 saturated carbocycles. The highest BCUT2D eigenvalue weighted by molar-refractivity contribution is 7.92. The number of hydrogen-bond acceptors (Lipinski definition) is 5. The van der Waals surface area contributed by atoms with Gasteiger partial charge in [-0.25, -0.2) is 8.42 Å². The Morgan fingerprint density at radius 2 is 1.57 bits per heavy atom. The highest BCUT2D eigenvalue weighted by Gasteiger charge is 2.34. The van der Waals surface area contributed by atoms with E-state index in [1.54, 1.807) is 49.4 Å². The summed E-state index contributed by atoms with van der Waals surface area (Å²) >= 11 is 0. The second-order valence-electron chi connectivity index (χ2n) is 10.2. The largest absolute Gasteiger partial charge is 0.495 e. The van der Waals surface area contributed by atoms with Crippen LogP contribution in [0.4, 0.5) is 5.69 Å². The number of nitrogens with zero attached hydrogens (tertiary/aromatic N) is 2. The van der Waals surface area contributed by atoms with Gasteiger partial charge in [0, 0.05) is 12.6 Å². The van der Waals surface area contributed by atoms with Crippen molar-refractivity contribution in [2.24, 2.45) is 0 Å². The number of aryl methyl sites for hydroxylation is 1. The van der Waals surface area contributed by atoms with E-state index in [4.69, 9.17) is 4.74 Å². The van der Waals surface area contributed by atoms with Crippen LogP contribution in [0.1, 0.15) is 43.7 Å². The van der Waals surface area contributed by atoms with Gasteiger partial charge >= 0.3 is 0 Å². The standard InChI is InChI=1S/C31H37N3O5S/c1-23-17-19-25(20-18-23)21-33(24(2)31(36)32-26-11-7-8-12-26)30(35)22-34(28-15-9-10-16-29(28)39-3)40(37,38)27-13-5-4-6-14-27/h4-6,9-10,13-20,24,26H,7-8,11-12,21-22H2,1-3H3,(H,32,36)/t24-/m0/s1. The summed E-state index contributed by atoms with van der Waals surface area (Å²) in [4.78, 5) is 28.9. The Labute approximate surface area is 237 Å². The highest BCUT2D eigenvalue weighted by Crippen LogP contribution is 2.32. The van der Waals surface area contributed by atoms with Gasteiger partial charge in [-0.3, -0.25) is 13.9 Å². The fourth-order valence-electron chi connectivity index (χ4n) is 4.93. The fourth-order valence-corrected chi connectivity index (χ4v) is 6.38. The minimum atomic E-state index is -4.15. The quantitative estimate of drug-likeness (QED) is 0.366. The van der Waals surface area contributed by atoms with Crippen molar-refractivity contribution in [3.05, 3.63) is 90.0 Å². The third-order valence-electron chi connectivity index (χ3n) is 7.31. The number of benzene rings is 3. The van der Waals surface area contributed by atoms with E-state index >= 15 is 0 Å². The maximum absolute atomic E-state index is 14.1. The molecule has 4 rings (SSSR count). The van der Waals surface area contributed by atoms with E-state index in [2.05, 4.69) is 5.32 Å². The molecule has 0 spiro atoms. The van der Waals surface area contributed by atoms with E-state index in [1.165, 1.54) is 24.1 Å². The minimum absolute atomic E-state index is 0.0471. The summed E-state index contributed by atoms with van der Waals surface area (Å²) in [6, 6.07) is 21.7. The lowest BCUT2D eigenvalue weighted by molar-refractivity contribution is -0.139. The Balaban J connectivity index is 1.70. The lowest BCUT2D eigenvalue weighted by Gasteiger charge is -2.32. The monoisotopic (exact) mass is 563 g/mol. The van der Waals surface area contributed by atoms with Crippen LogP contribution < -0.4 is 14.4 Å². The first kappa shape index (κ1) is 29.1. The number of carbonyl (C=O) groups is 2. The van der Waals surface area contributed by atoms with Crippen molar-refractivity contribution in [3.8, 4) is 5.75 Å². The predicted octanol–water partition coefficient (Wildman–Crippen LogP) is 4.68. The van der Waals surface area contributed by atoms with Crippen LogP contribution in [0.3, 0.4) is 0 Å². The number of methoxy groups -OCH3 is 1. The van der Waals surface area contributed by atoms with Gasteiger partial charge in [-0.1, -0.05) is 73.0 Å². The molecule has 0 unspecified atom stereocenters. The molecule has 0 bridgehead atoms. The summed E-state index contributed by atoms with van der Waals surface area (Å²) in [6.07, 6.45) is 3.97. The van der Waals surface area contributed by atoms with Crippen molar-refractivity contribution >= 4 is 27.5 Å². The maximum Gasteiger partial charge on any atom is 0.264 e. The average Bonchev–Trinajstić information content (AvgIpc) is 3.48. The Kier molecular flexibility index (Phi) is 9.47. The Hall–Kier alpha value is -3.85. The first-order chi connectivity index (χ1) is 19.2. The van der Waals surface area contributed by atoms with Crippen molar-refractivity contribution in [2.75, 3.05) is 18.0 Å². The van der Waals surface area contributed by atoms with Crippen molar-refractivity contribution in [2.45, 2.75) is 63.1 Å². The minimum Gasteiger partial charge on any atom is -0.495 e. The molecule has 1 aliphatic rings. The van der Waals surface area contributed by atoms with Gasteiger partial charge in [0.05, 0.1) is 17.7 Å². The van der Waals surface area contributed by atoms with Gasteiger partial charge in [0.25, 0.3) is 10.0 Å². The normalized spacial score (nSPS) is 14.4. The predicted molar refractivity (Wildman–Crippen MR) is 156 cm³/mol. The van der Waals surface area contributed by atoms with Crippen LogP contribution in [-0.2, 0) is 26.2 Å². The smallest absolute Gasteiger partial charge is 0.264 e. The van der Waals surface area contributed by atoms with Crippen molar-refractivity contribution in [1.29, 1.82) is 0 Å². The maximum atomic E-state index is 14.1. The molecule has 0 saturated heterocycles. The zero-order valence-corrected chi connectivity index (χ0v) is 24.1. The lowest BCUT2D eigenvalue weighted by atomic mass is 10.1. The van der Waals surface area contributed by atoms with Crippen LogP contribution in [0.25, 0.3) is 0 Å². The summed E-state index contributed by atoms with van der Waals surface area (Å²) in [5, 5.41) is 3.08. The Bertz CT molecular complexity index is 1400. The molecule has 1 N–H and O–H groups in total. The number of sulfonamides is 1. The van der Waals surface area contributed by atoms with Crippen molar-refractivity contribution < 1.29 is 22.7 Å². The van der Waals surface area contributed by atoms with Gasteiger partial charge in [0.2, 0.25) is 11.8 Å². The van der Waals surface area contributed by atoms with Gasteiger partial charge in [0.1, 0.15) is 18.3 Å². The van der Waals surface area contributed by atoms with E-state index in [9.17, 15) is 18.0 Å². The second kappa shape index (κ2) is 13.0. The van der Waals surface area contributed by atoms with Crippen LogP contribution in [0.15, 0.2) is 83.8 Å². The Morgan fingerprint density at radius 1 is 0.950 bits per heavy atom. The molecule has 2 amide bonds. The lowest BCUT2D eigenvalue weighted by Crippen LogP contribution is -2.52. The molecular weight excluding hydrogens is 526 g/mol. The summed E-state index contributed by atoms with van der Waals surface area (Å²) in [5.41, 5.74) is 2.15. The molecule has 3 aromatic carbocycles.